The second kappa shape index (κ2) is 13.3. The van der Waals surface area contributed by atoms with Crippen LogP contribution in [0, 0.1) is 5.92 Å². The van der Waals surface area contributed by atoms with Crippen molar-refractivity contribution in [1.82, 2.24) is 20.8 Å². The van der Waals surface area contributed by atoms with Crippen molar-refractivity contribution in [1.29, 1.82) is 0 Å². The number of rotatable bonds is 12. The Bertz CT molecular complexity index is 1170. The molecule has 0 fully saturated rings. The van der Waals surface area contributed by atoms with E-state index in [1.807, 2.05) is 48.6 Å². The molecule has 1 aromatic carbocycles. The molecule has 0 bridgehead atoms. The summed E-state index contributed by atoms with van der Waals surface area (Å²) in [5.41, 5.74) is 1.64. The highest BCUT2D eigenvalue weighted by Crippen LogP contribution is 2.27. The number of aryl methyl sites for hydroxylation is 1. The van der Waals surface area contributed by atoms with Crippen molar-refractivity contribution in [2.75, 3.05) is 19.7 Å². The van der Waals surface area contributed by atoms with Gasteiger partial charge < -0.3 is 19.9 Å². The highest BCUT2D eigenvalue weighted by atomic mass is 35.5. The third kappa shape index (κ3) is 7.11. The van der Waals surface area contributed by atoms with Crippen LogP contribution in [-0.2, 0) is 16.0 Å². The van der Waals surface area contributed by atoms with Crippen molar-refractivity contribution >= 4 is 24.2 Å². The van der Waals surface area contributed by atoms with Gasteiger partial charge in [-0.05, 0) is 37.1 Å². The van der Waals surface area contributed by atoms with Crippen molar-refractivity contribution < 1.29 is 18.8 Å². The fourth-order valence-corrected chi connectivity index (χ4v) is 3.57. The molecule has 2 aliphatic rings. The molecule has 2 N–H and O–H groups in total. The van der Waals surface area contributed by atoms with E-state index in [0.29, 0.717) is 50.1 Å². The minimum Gasteiger partial charge on any atom is -0.494 e. The van der Waals surface area contributed by atoms with E-state index < -0.39 is 0 Å². The van der Waals surface area contributed by atoms with Gasteiger partial charge in [-0.2, -0.15) is 4.98 Å². The minimum absolute atomic E-state index is 0. The van der Waals surface area contributed by atoms with E-state index in [1.165, 1.54) is 0 Å². The first-order valence-corrected chi connectivity index (χ1v) is 11.7. The van der Waals surface area contributed by atoms with Gasteiger partial charge in [0.15, 0.2) is 5.82 Å². The molecular formula is C25H29ClN6O4. The van der Waals surface area contributed by atoms with Gasteiger partial charge in [0.25, 0.3) is 5.91 Å². The second-order valence-corrected chi connectivity index (χ2v) is 8.08. The van der Waals surface area contributed by atoms with E-state index in [1.54, 1.807) is 0 Å². The van der Waals surface area contributed by atoms with Crippen LogP contribution in [0.25, 0.3) is 11.4 Å². The highest BCUT2D eigenvalue weighted by Gasteiger charge is 2.26. The Morgan fingerprint density at radius 2 is 1.97 bits per heavy atom. The van der Waals surface area contributed by atoms with Gasteiger partial charge >= 0.3 is 0 Å². The maximum atomic E-state index is 12.2. The van der Waals surface area contributed by atoms with Crippen LogP contribution in [0.3, 0.4) is 0 Å². The molecule has 2 aromatic rings. The molecule has 190 valence electrons. The predicted octanol–water partition coefficient (Wildman–Crippen LogP) is 3.92. The van der Waals surface area contributed by atoms with E-state index in [0.717, 1.165) is 23.3 Å². The summed E-state index contributed by atoms with van der Waals surface area (Å²) in [7, 11) is 0. The van der Waals surface area contributed by atoms with Gasteiger partial charge in [-0.3, -0.25) is 9.59 Å². The molecule has 1 unspecified atom stereocenters. The number of carbonyl (C=O) groups is 2. The maximum Gasteiger partial charge on any atom is 0.276 e. The third-order valence-electron chi connectivity index (χ3n) is 5.40. The molecule has 36 heavy (non-hydrogen) atoms. The number of nitrogens with one attached hydrogen (secondary N) is 2. The van der Waals surface area contributed by atoms with Crippen molar-refractivity contribution in [3.8, 4) is 17.1 Å². The molecule has 0 saturated carbocycles. The summed E-state index contributed by atoms with van der Waals surface area (Å²) in [6.45, 7) is 3.83. The first-order chi connectivity index (χ1) is 17.1. The molecule has 11 heteroatoms. The highest BCUT2D eigenvalue weighted by molar-refractivity contribution is 5.86. The summed E-state index contributed by atoms with van der Waals surface area (Å²) in [5, 5.41) is 17.7. The largest absolute Gasteiger partial charge is 0.494 e. The molecule has 0 saturated heterocycles. The first-order valence-electron chi connectivity index (χ1n) is 11.7. The molecule has 0 spiro atoms. The Hall–Kier alpha value is -3.79. The Balaban J connectivity index is 0.00000361. The molecule has 10 nitrogen and oxygen atoms in total. The maximum absolute atomic E-state index is 12.2. The van der Waals surface area contributed by atoms with Crippen LogP contribution in [0.15, 0.2) is 74.7 Å². The topological polar surface area (TPSA) is 131 Å². The number of allylic oxidation sites excluding steroid dienone is 3. The Labute approximate surface area is 215 Å². The lowest BCUT2D eigenvalue weighted by Crippen LogP contribution is -2.28. The van der Waals surface area contributed by atoms with E-state index >= 15 is 0 Å². The van der Waals surface area contributed by atoms with Crippen LogP contribution in [0.5, 0.6) is 5.75 Å². The Morgan fingerprint density at radius 1 is 1.14 bits per heavy atom. The van der Waals surface area contributed by atoms with Crippen LogP contribution >= 0.6 is 12.4 Å². The van der Waals surface area contributed by atoms with Crippen LogP contribution < -0.4 is 15.4 Å². The van der Waals surface area contributed by atoms with Crippen LogP contribution in [0.1, 0.15) is 32.1 Å². The normalized spacial score (nSPS) is 15.9. The van der Waals surface area contributed by atoms with Gasteiger partial charge in [-0.15, -0.1) is 22.6 Å². The molecule has 0 radical (unpaired) electrons. The number of nitrogens with zero attached hydrogens (tertiary/aromatic N) is 4. The lowest BCUT2D eigenvalue weighted by atomic mass is 9.93. The van der Waals surface area contributed by atoms with Gasteiger partial charge in [0, 0.05) is 37.1 Å². The number of halogens is 1. The molecular weight excluding hydrogens is 484 g/mol. The molecule has 1 aromatic heterocycles. The summed E-state index contributed by atoms with van der Waals surface area (Å²) in [6.07, 6.45) is 9.63. The zero-order valence-electron chi connectivity index (χ0n) is 20.0. The quantitative estimate of drug-likeness (QED) is 0.412. The summed E-state index contributed by atoms with van der Waals surface area (Å²) < 4.78 is 10.9. The van der Waals surface area contributed by atoms with Crippen LogP contribution in [0.4, 0.5) is 0 Å². The van der Waals surface area contributed by atoms with Gasteiger partial charge in [-0.25, -0.2) is 0 Å². The lowest BCUT2D eigenvalue weighted by Gasteiger charge is -2.20. The summed E-state index contributed by atoms with van der Waals surface area (Å²) in [4.78, 5) is 28.4. The number of hydrogen-bond donors (Lipinski definition) is 2. The fourth-order valence-electron chi connectivity index (χ4n) is 3.57. The zero-order valence-corrected chi connectivity index (χ0v) is 20.8. The van der Waals surface area contributed by atoms with Gasteiger partial charge in [0.2, 0.25) is 17.6 Å². The molecule has 1 aliphatic carbocycles. The number of carbonyl (C=O) groups excluding carboxylic acids is 2. The van der Waals surface area contributed by atoms with E-state index in [9.17, 15) is 9.59 Å². The second-order valence-electron chi connectivity index (χ2n) is 8.08. The number of aromatic nitrogens is 2. The van der Waals surface area contributed by atoms with Crippen molar-refractivity contribution in [3.05, 3.63) is 65.9 Å². The number of fused-ring (bicyclic) bond motifs is 1. The van der Waals surface area contributed by atoms with Gasteiger partial charge in [-0.1, -0.05) is 36.4 Å². The molecule has 1 aliphatic heterocycles. The van der Waals surface area contributed by atoms with Crippen LogP contribution in [-0.4, -0.2) is 41.7 Å². The zero-order chi connectivity index (χ0) is 24.5. The number of azo groups is 1. The standard InChI is InChI=1S/C25H28N6O4.ClH/c1-2-16-34-18-10-8-17(9-11-18)23-28-22(35-31-23)13-12-21(32)26-14-5-15-27-24-19-6-3-4-7-20(19)25(33)30-29-24;/h3-4,6-11,20,27H,2,5,12-16H2,1H3,(H,26,32);1H. The average molecular weight is 513 g/mol. The van der Waals surface area contributed by atoms with Crippen molar-refractivity contribution in [2.24, 2.45) is 16.1 Å². The molecule has 2 amide bonds. The predicted molar refractivity (Wildman–Crippen MR) is 135 cm³/mol. The Kier molecular flexibility index (Phi) is 9.93. The van der Waals surface area contributed by atoms with Gasteiger partial charge in [0.1, 0.15) is 5.75 Å². The SMILES string of the molecule is CCCOc1ccc(-c2noc(CCC(=O)NCCCNC3=C4C=CC=CC4C(=O)N=N3)n2)cc1.Cl. The summed E-state index contributed by atoms with van der Waals surface area (Å²) in [5.74, 6) is 1.57. The monoisotopic (exact) mass is 512 g/mol. The lowest BCUT2D eigenvalue weighted by molar-refractivity contribution is -0.121. The first kappa shape index (κ1) is 26.8. The van der Waals surface area contributed by atoms with Gasteiger partial charge in [0.05, 0.1) is 12.5 Å². The van der Waals surface area contributed by atoms with Crippen LogP contribution in [0.2, 0.25) is 0 Å². The summed E-state index contributed by atoms with van der Waals surface area (Å²) in [6, 6.07) is 7.51. The fraction of sp³-hybridized carbons (Fsp3) is 0.360. The van der Waals surface area contributed by atoms with Crippen molar-refractivity contribution in [3.63, 3.8) is 0 Å². The minimum atomic E-state index is -0.371. The molecule has 1 atom stereocenters. The number of hydrogen-bond acceptors (Lipinski definition) is 8. The number of ether oxygens (including phenoxy) is 1. The third-order valence-corrected chi connectivity index (χ3v) is 5.40. The smallest absolute Gasteiger partial charge is 0.276 e. The Morgan fingerprint density at radius 3 is 2.78 bits per heavy atom. The van der Waals surface area contributed by atoms with E-state index in [4.69, 9.17) is 9.26 Å². The molecule has 2 heterocycles. The average Bonchev–Trinajstić information content (AvgIpc) is 3.37. The van der Waals surface area contributed by atoms with E-state index in [-0.39, 0.29) is 36.6 Å². The summed E-state index contributed by atoms with van der Waals surface area (Å²) >= 11 is 0. The molecule has 4 rings (SSSR count). The van der Waals surface area contributed by atoms with Crippen molar-refractivity contribution in [2.45, 2.75) is 32.6 Å². The number of amides is 2. The number of benzene rings is 1. The van der Waals surface area contributed by atoms with E-state index in [2.05, 4.69) is 37.9 Å².